The number of carbonyl (C=O) groups is 2. The highest BCUT2D eigenvalue weighted by Crippen LogP contribution is 2.32. The Labute approximate surface area is 110 Å². The Balaban J connectivity index is 2.43. The van der Waals surface area contributed by atoms with E-state index in [1.807, 2.05) is 0 Å². The van der Waals surface area contributed by atoms with E-state index in [9.17, 15) is 18.4 Å². The minimum Gasteiger partial charge on any atom is -0.289 e. The van der Waals surface area contributed by atoms with Gasteiger partial charge in [0.15, 0.2) is 5.82 Å². The van der Waals surface area contributed by atoms with E-state index in [-0.39, 0.29) is 16.7 Å². The lowest BCUT2D eigenvalue weighted by atomic mass is 10.1. The van der Waals surface area contributed by atoms with E-state index in [1.165, 1.54) is 0 Å². The summed E-state index contributed by atoms with van der Waals surface area (Å²) in [5.74, 6) is -2.47. The van der Waals surface area contributed by atoms with Gasteiger partial charge in [-0.2, -0.15) is 0 Å². The molecule has 1 aliphatic heterocycles. The summed E-state index contributed by atoms with van der Waals surface area (Å²) in [5.41, 5.74) is -0.0757. The van der Waals surface area contributed by atoms with Crippen molar-refractivity contribution in [1.29, 1.82) is 0 Å². The van der Waals surface area contributed by atoms with E-state index in [0.29, 0.717) is 6.07 Å². The first-order chi connectivity index (χ1) is 8.40. The van der Waals surface area contributed by atoms with Crippen molar-refractivity contribution in [3.63, 3.8) is 0 Å². The molecule has 1 saturated heterocycles. The molecule has 0 spiro atoms. The van der Waals surface area contributed by atoms with Gasteiger partial charge < -0.3 is 0 Å². The second-order valence-corrected chi connectivity index (χ2v) is 4.88. The second kappa shape index (κ2) is 4.64. The average Bonchev–Trinajstić information content (AvgIpc) is 2.24. The van der Waals surface area contributed by atoms with Crippen molar-refractivity contribution in [2.24, 2.45) is 5.92 Å². The molecule has 0 aliphatic carbocycles. The highest BCUT2D eigenvalue weighted by Gasteiger charge is 2.32. The summed E-state index contributed by atoms with van der Waals surface area (Å²) in [6, 6.07) is 1.03. The van der Waals surface area contributed by atoms with Crippen LogP contribution in [0.15, 0.2) is 16.6 Å². The molecule has 18 heavy (non-hydrogen) atoms. The Morgan fingerprint density at radius 3 is 2.67 bits per heavy atom. The average molecular weight is 319 g/mol. The molecule has 7 heteroatoms. The largest absolute Gasteiger partial charge is 0.328 e. The van der Waals surface area contributed by atoms with Gasteiger partial charge in [-0.05, 0) is 22.0 Å². The number of hydrogen-bond donors (Lipinski definition) is 1. The third-order valence-corrected chi connectivity index (χ3v) is 3.24. The number of carbonyl (C=O) groups excluding carboxylic acids is 2. The smallest absolute Gasteiger partial charge is 0.289 e. The summed E-state index contributed by atoms with van der Waals surface area (Å²) in [4.78, 5) is 24.0. The summed E-state index contributed by atoms with van der Waals surface area (Å²) in [6.07, 6.45) is 0. The molecular formula is C11H9BrF2N2O2. The highest BCUT2D eigenvalue weighted by atomic mass is 79.9. The summed E-state index contributed by atoms with van der Waals surface area (Å²) in [6.45, 7) is 1.66. The van der Waals surface area contributed by atoms with Crippen LogP contribution in [0.2, 0.25) is 0 Å². The number of rotatable bonds is 1. The molecule has 1 heterocycles. The first kappa shape index (κ1) is 12.9. The van der Waals surface area contributed by atoms with E-state index in [2.05, 4.69) is 21.2 Å². The number of nitrogens with zero attached hydrogens (tertiary/aromatic N) is 1. The van der Waals surface area contributed by atoms with E-state index in [1.54, 1.807) is 6.92 Å². The zero-order valence-corrected chi connectivity index (χ0v) is 10.9. The summed E-state index contributed by atoms with van der Waals surface area (Å²) in [5, 5.41) is 2.11. The van der Waals surface area contributed by atoms with E-state index in [4.69, 9.17) is 0 Å². The number of nitrogens with one attached hydrogen (secondary N) is 1. The van der Waals surface area contributed by atoms with E-state index >= 15 is 0 Å². The van der Waals surface area contributed by atoms with Crippen LogP contribution in [0.4, 0.5) is 19.3 Å². The topological polar surface area (TPSA) is 49.4 Å². The molecule has 2 rings (SSSR count). The van der Waals surface area contributed by atoms with Crippen molar-refractivity contribution >= 4 is 33.6 Å². The molecule has 96 valence electrons. The van der Waals surface area contributed by atoms with Gasteiger partial charge in [-0.3, -0.25) is 15.0 Å². The first-order valence-electron chi connectivity index (χ1n) is 5.17. The predicted molar refractivity (Wildman–Crippen MR) is 64.1 cm³/mol. The van der Waals surface area contributed by atoms with Crippen LogP contribution >= 0.6 is 15.9 Å². The zero-order valence-electron chi connectivity index (χ0n) is 9.34. The minimum absolute atomic E-state index is 0.0474. The van der Waals surface area contributed by atoms with Crippen LogP contribution in [-0.4, -0.2) is 18.5 Å². The lowest BCUT2D eigenvalue weighted by Crippen LogP contribution is -2.54. The SMILES string of the molecule is CC1CN(c2c(F)cc(F)cc2Br)C(=O)NC1=O. The van der Waals surface area contributed by atoms with Crippen LogP contribution in [0.5, 0.6) is 0 Å². The van der Waals surface area contributed by atoms with Crippen molar-refractivity contribution in [3.8, 4) is 0 Å². The summed E-state index contributed by atoms with van der Waals surface area (Å²) in [7, 11) is 0. The molecule has 1 unspecified atom stereocenters. The summed E-state index contributed by atoms with van der Waals surface area (Å²) >= 11 is 3.01. The third kappa shape index (κ3) is 2.22. The molecule has 1 atom stereocenters. The second-order valence-electron chi connectivity index (χ2n) is 4.02. The van der Waals surface area contributed by atoms with Crippen LogP contribution in [0.3, 0.4) is 0 Å². The molecule has 3 amide bonds. The van der Waals surface area contributed by atoms with Gasteiger partial charge in [0.05, 0.1) is 11.6 Å². The maximum Gasteiger partial charge on any atom is 0.328 e. The molecule has 1 N–H and O–H groups in total. The molecular weight excluding hydrogens is 310 g/mol. The van der Waals surface area contributed by atoms with E-state index in [0.717, 1.165) is 11.0 Å². The molecule has 1 aromatic rings. The Kier molecular flexibility index (Phi) is 3.34. The Morgan fingerprint density at radius 1 is 1.39 bits per heavy atom. The number of hydrogen-bond acceptors (Lipinski definition) is 2. The van der Waals surface area contributed by atoms with Crippen molar-refractivity contribution in [2.45, 2.75) is 6.92 Å². The number of benzene rings is 1. The monoisotopic (exact) mass is 318 g/mol. The lowest BCUT2D eigenvalue weighted by Gasteiger charge is -2.31. The number of urea groups is 1. The fourth-order valence-electron chi connectivity index (χ4n) is 1.72. The van der Waals surface area contributed by atoms with Gasteiger partial charge in [0, 0.05) is 17.1 Å². The Hall–Kier alpha value is -1.50. The predicted octanol–water partition coefficient (Wildman–Crippen LogP) is 2.42. The molecule has 1 aromatic carbocycles. The number of amides is 3. The molecule has 1 fully saturated rings. The quantitative estimate of drug-likeness (QED) is 0.864. The van der Waals surface area contributed by atoms with Crippen LogP contribution in [0.25, 0.3) is 0 Å². The van der Waals surface area contributed by atoms with Crippen molar-refractivity contribution in [1.82, 2.24) is 5.32 Å². The zero-order chi connectivity index (χ0) is 13.4. The van der Waals surface area contributed by atoms with Crippen molar-refractivity contribution in [2.75, 3.05) is 11.4 Å². The van der Waals surface area contributed by atoms with Crippen molar-refractivity contribution < 1.29 is 18.4 Å². The Morgan fingerprint density at radius 2 is 2.06 bits per heavy atom. The van der Waals surface area contributed by atoms with Gasteiger partial charge in [0.25, 0.3) is 0 Å². The maximum absolute atomic E-state index is 13.7. The molecule has 0 radical (unpaired) electrons. The number of imide groups is 1. The van der Waals surface area contributed by atoms with E-state index < -0.39 is 29.5 Å². The maximum atomic E-state index is 13.7. The van der Waals surface area contributed by atoms with Gasteiger partial charge in [0.2, 0.25) is 5.91 Å². The molecule has 0 bridgehead atoms. The minimum atomic E-state index is -0.862. The van der Waals surface area contributed by atoms with Gasteiger partial charge in [-0.1, -0.05) is 6.92 Å². The first-order valence-corrected chi connectivity index (χ1v) is 5.96. The van der Waals surface area contributed by atoms with Gasteiger partial charge in [0.1, 0.15) is 5.82 Å². The molecule has 0 saturated carbocycles. The molecule has 4 nitrogen and oxygen atoms in total. The standard InChI is InChI=1S/C11H9BrF2N2O2/c1-5-4-16(11(18)15-10(5)17)9-7(12)2-6(13)3-8(9)14/h2-3,5H,4H2,1H3,(H,15,17,18). The molecule has 0 aromatic heterocycles. The fraction of sp³-hybridized carbons (Fsp3) is 0.273. The Bertz CT molecular complexity index is 513. The van der Waals surface area contributed by atoms with Crippen LogP contribution in [-0.2, 0) is 4.79 Å². The highest BCUT2D eigenvalue weighted by molar-refractivity contribution is 9.10. The van der Waals surface area contributed by atoms with Crippen LogP contribution < -0.4 is 10.2 Å². The number of halogens is 3. The van der Waals surface area contributed by atoms with Gasteiger partial charge in [-0.15, -0.1) is 0 Å². The van der Waals surface area contributed by atoms with Gasteiger partial charge >= 0.3 is 6.03 Å². The summed E-state index contributed by atoms with van der Waals surface area (Å²) < 4.78 is 26.8. The van der Waals surface area contributed by atoms with Gasteiger partial charge in [-0.25, -0.2) is 13.6 Å². The molecule has 1 aliphatic rings. The lowest BCUT2D eigenvalue weighted by molar-refractivity contribution is -0.123. The van der Waals surface area contributed by atoms with Crippen LogP contribution in [0.1, 0.15) is 6.92 Å². The number of anilines is 1. The third-order valence-electron chi connectivity index (χ3n) is 2.63. The normalized spacial score (nSPS) is 20.0. The van der Waals surface area contributed by atoms with Crippen molar-refractivity contribution in [3.05, 3.63) is 28.2 Å². The fourth-order valence-corrected chi connectivity index (χ4v) is 2.34. The van der Waals surface area contributed by atoms with Crippen LogP contribution in [0, 0.1) is 17.6 Å².